The summed E-state index contributed by atoms with van der Waals surface area (Å²) in [5.41, 5.74) is 9.47. The Morgan fingerprint density at radius 3 is 2.80 bits per heavy atom. The highest BCUT2D eigenvalue weighted by Gasteiger charge is 1.88. The van der Waals surface area contributed by atoms with Crippen LogP contribution in [0.15, 0.2) is 30.0 Å². The van der Waals surface area contributed by atoms with Gasteiger partial charge in [-0.2, -0.15) is 0 Å². The maximum Gasteiger partial charge on any atom is 0.0136 e. The molecule has 0 heterocycles. The molecule has 0 fully saturated rings. The second kappa shape index (κ2) is 6.34. The fourth-order valence-electron chi connectivity index (χ4n) is 0.724. The van der Waals surface area contributed by atoms with Crippen molar-refractivity contribution in [1.29, 1.82) is 0 Å². The first-order valence-electron chi connectivity index (χ1n) is 3.53. The lowest BCUT2D eigenvalue weighted by molar-refractivity contribution is 0.927. The number of rotatable bonds is 4. The average molecular weight is 137 g/mol. The van der Waals surface area contributed by atoms with E-state index in [-0.39, 0.29) is 0 Å². The highest BCUT2D eigenvalue weighted by Crippen LogP contribution is 2.02. The molecule has 0 saturated carbocycles. The number of nitrogens with two attached hydrogens (primary N) is 1. The Labute approximate surface area is 62.9 Å². The SMILES string of the molecule is C=C=CCC/C(=C\C)CN. The highest BCUT2D eigenvalue weighted by molar-refractivity contribution is 5.02. The Morgan fingerprint density at radius 2 is 2.40 bits per heavy atom. The van der Waals surface area contributed by atoms with E-state index in [1.807, 2.05) is 13.0 Å². The Bertz CT molecular complexity index is 150. The molecule has 0 aliphatic heterocycles. The van der Waals surface area contributed by atoms with Crippen molar-refractivity contribution in [3.8, 4) is 0 Å². The molecule has 0 aliphatic carbocycles. The van der Waals surface area contributed by atoms with Crippen LogP contribution in [0, 0.1) is 0 Å². The van der Waals surface area contributed by atoms with Crippen LogP contribution in [0.4, 0.5) is 0 Å². The molecule has 0 amide bonds. The van der Waals surface area contributed by atoms with Gasteiger partial charge in [0.25, 0.3) is 0 Å². The zero-order valence-electron chi connectivity index (χ0n) is 6.56. The lowest BCUT2D eigenvalue weighted by Gasteiger charge is -1.98. The van der Waals surface area contributed by atoms with Crippen LogP contribution in [0.2, 0.25) is 0 Å². The summed E-state index contributed by atoms with van der Waals surface area (Å²) < 4.78 is 0. The Hall–Kier alpha value is -0.780. The van der Waals surface area contributed by atoms with E-state index in [4.69, 9.17) is 5.73 Å². The summed E-state index contributed by atoms with van der Waals surface area (Å²) in [4.78, 5) is 0. The van der Waals surface area contributed by atoms with Gasteiger partial charge in [-0.25, -0.2) is 0 Å². The van der Waals surface area contributed by atoms with E-state index in [1.165, 1.54) is 5.57 Å². The minimum absolute atomic E-state index is 0.668. The van der Waals surface area contributed by atoms with Crippen molar-refractivity contribution in [3.05, 3.63) is 30.0 Å². The standard InChI is InChI=1S/C9H15N/c1-3-5-6-7-9(4-2)8-10/h4-5H,1,6-8,10H2,2H3/b9-4+. The molecule has 2 N–H and O–H groups in total. The molecular formula is C9H15N. The van der Waals surface area contributed by atoms with Crippen LogP contribution in [-0.2, 0) is 0 Å². The predicted octanol–water partition coefficient (Wildman–Crippen LogP) is 2.01. The number of hydrogen-bond donors (Lipinski definition) is 1. The van der Waals surface area contributed by atoms with E-state index in [0.717, 1.165) is 12.8 Å². The van der Waals surface area contributed by atoms with Crippen LogP contribution in [0.3, 0.4) is 0 Å². The Morgan fingerprint density at radius 1 is 1.70 bits per heavy atom. The van der Waals surface area contributed by atoms with Gasteiger partial charge in [0.05, 0.1) is 0 Å². The second-order valence-electron chi connectivity index (χ2n) is 2.10. The third-order valence-electron chi connectivity index (χ3n) is 1.42. The van der Waals surface area contributed by atoms with Crippen molar-refractivity contribution in [3.63, 3.8) is 0 Å². The topological polar surface area (TPSA) is 26.0 Å². The summed E-state index contributed by atoms with van der Waals surface area (Å²) in [5.74, 6) is 0. The molecule has 1 heteroatoms. The van der Waals surface area contributed by atoms with Crippen molar-refractivity contribution in [2.45, 2.75) is 19.8 Å². The van der Waals surface area contributed by atoms with Crippen LogP contribution in [0.25, 0.3) is 0 Å². The molecule has 0 radical (unpaired) electrons. The first-order valence-corrected chi connectivity index (χ1v) is 3.53. The summed E-state index contributed by atoms with van der Waals surface area (Å²) in [6.07, 6.45) is 6.03. The van der Waals surface area contributed by atoms with E-state index in [9.17, 15) is 0 Å². The van der Waals surface area contributed by atoms with Gasteiger partial charge < -0.3 is 5.73 Å². The third-order valence-corrected chi connectivity index (χ3v) is 1.42. The van der Waals surface area contributed by atoms with Crippen molar-refractivity contribution < 1.29 is 0 Å². The first-order chi connectivity index (χ1) is 4.85. The maximum absolute atomic E-state index is 5.45. The number of allylic oxidation sites excluding steroid dienone is 2. The lowest BCUT2D eigenvalue weighted by Crippen LogP contribution is -2.02. The first kappa shape index (κ1) is 9.22. The Kier molecular flexibility index (Phi) is 5.85. The summed E-state index contributed by atoms with van der Waals surface area (Å²) in [6, 6.07) is 0. The summed E-state index contributed by atoms with van der Waals surface area (Å²) in [6.45, 7) is 6.16. The van der Waals surface area contributed by atoms with Crippen LogP contribution >= 0.6 is 0 Å². The van der Waals surface area contributed by atoms with Gasteiger partial charge in [-0.05, 0) is 25.8 Å². The normalized spacial score (nSPS) is 10.8. The second-order valence-corrected chi connectivity index (χ2v) is 2.10. The van der Waals surface area contributed by atoms with Crippen LogP contribution < -0.4 is 5.73 Å². The molecule has 0 aromatic heterocycles. The lowest BCUT2D eigenvalue weighted by atomic mass is 10.1. The van der Waals surface area contributed by atoms with Crippen molar-refractivity contribution in [1.82, 2.24) is 0 Å². The quantitative estimate of drug-likeness (QED) is 0.465. The molecule has 0 bridgehead atoms. The van der Waals surface area contributed by atoms with Gasteiger partial charge in [0.1, 0.15) is 0 Å². The summed E-state index contributed by atoms with van der Waals surface area (Å²) in [7, 11) is 0. The summed E-state index contributed by atoms with van der Waals surface area (Å²) >= 11 is 0. The molecule has 0 unspecified atom stereocenters. The zero-order chi connectivity index (χ0) is 7.82. The molecule has 0 atom stereocenters. The van der Waals surface area contributed by atoms with Gasteiger partial charge in [0.15, 0.2) is 0 Å². The fourth-order valence-corrected chi connectivity index (χ4v) is 0.724. The minimum Gasteiger partial charge on any atom is -0.327 e. The van der Waals surface area contributed by atoms with Crippen molar-refractivity contribution in [2.24, 2.45) is 5.73 Å². The predicted molar refractivity (Wildman–Crippen MR) is 45.8 cm³/mol. The molecule has 0 aromatic rings. The molecule has 0 rings (SSSR count). The monoisotopic (exact) mass is 137 g/mol. The van der Waals surface area contributed by atoms with Gasteiger partial charge in [-0.15, -0.1) is 5.73 Å². The molecule has 10 heavy (non-hydrogen) atoms. The van der Waals surface area contributed by atoms with E-state index < -0.39 is 0 Å². The van der Waals surface area contributed by atoms with Gasteiger partial charge in [0, 0.05) is 6.54 Å². The average Bonchev–Trinajstić information content (AvgIpc) is 1.99. The molecule has 0 spiro atoms. The van der Waals surface area contributed by atoms with Gasteiger partial charge in [-0.3, -0.25) is 0 Å². The van der Waals surface area contributed by atoms with Gasteiger partial charge in [0.2, 0.25) is 0 Å². The van der Waals surface area contributed by atoms with E-state index in [0.29, 0.717) is 6.54 Å². The van der Waals surface area contributed by atoms with E-state index >= 15 is 0 Å². The number of hydrogen-bond acceptors (Lipinski definition) is 1. The van der Waals surface area contributed by atoms with E-state index in [2.05, 4.69) is 18.4 Å². The van der Waals surface area contributed by atoms with Crippen molar-refractivity contribution in [2.75, 3.05) is 6.54 Å². The van der Waals surface area contributed by atoms with Crippen molar-refractivity contribution >= 4 is 0 Å². The van der Waals surface area contributed by atoms with Crippen LogP contribution in [0.1, 0.15) is 19.8 Å². The van der Waals surface area contributed by atoms with E-state index in [1.54, 1.807) is 0 Å². The van der Waals surface area contributed by atoms with Crippen LogP contribution in [0.5, 0.6) is 0 Å². The zero-order valence-corrected chi connectivity index (χ0v) is 6.56. The third kappa shape index (κ3) is 4.13. The van der Waals surface area contributed by atoms with Crippen LogP contribution in [-0.4, -0.2) is 6.54 Å². The molecule has 56 valence electrons. The Balaban J connectivity index is 3.55. The molecular weight excluding hydrogens is 122 g/mol. The minimum atomic E-state index is 0.668. The highest BCUT2D eigenvalue weighted by atomic mass is 14.5. The molecule has 0 aromatic carbocycles. The molecule has 1 nitrogen and oxygen atoms in total. The van der Waals surface area contributed by atoms with Gasteiger partial charge in [-0.1, -0.05) is 18.2 Å². The molecule has 0 saturated heterocycles. The smallest absolute Gasteiger partial charge is 0.0136 e. The maximum atomic E-state index is 5.45. The molecule has 0 aliphatic rings. The summed E-state index contributed by atoms with van der Waals surface area (Å²) in [5, 5.41) is 0. The largest absolute Gasteiger partial charge is 0.327 e. The fraction of sp³-hybridized carbons (Fsp3) is 0.444. The van der Waals surface area contributed by atoms with Gasteiger partial charge >= 0.3 is 0 Å².